The zero-order valence-electron chi connectivity index (χ0n) is 16.3. The van der Waals surface area contributed by atoms with Gasteiger partial charge in [-0.3, -0.25) is 0 Å². The monoisotopic (exact) mass is 515 g/mol. The molecule has 2 heterocycles. The Labute approximate surface area is 191 Å². The molecule has 2 aliphatic rings. The Kier molecular flexibility index (Phi) is 4.74. The van der Waals surface area contributed by atoms with Crippen molar-refractivity contribution in [3.05, 3.63) is 100 Å². The first-order valence-corrected chi connectivity index (χ1v) is 11.8. The van der Waals surface area contributed by atoms with Gasteiger partial charge in [0.1, 0.15) is 16.8 Å². The van der Waals surface area contributed by atoms with Crippen molar-refractivity contribution in [1.29, 1.82) is 0 Å². The molecule has 0 unspecified atom stereocenters. The predicted molar refractivity (Wildman–Crippen MR) is 118 cm³/mol. The fraction of sp³-hybridized carbons (Fsp3) is 0.0870. The number of nitrogens with zero attached hydrogens (tertiary/aromatic N) is 1. The molecule has 3 aromatic rings. The van der Waals surface area contributed by atoms with Gasteiger partial charge in [-0.2, -0.15) is 0 Å². The van der Waals surface area contributed by atoms with Crippen LogP contribution in [0, 0.1) is 5.82 Å². The number of aliphatic hydroxyl groups is 1. The largest absolute Gasteiger partial charge is 0.427 e. The molecule has 0 saturated carbocycles. The summed E-state index contributed by atoms with van der Waals surface area (Å²) >= 11 is 3.24. The van der Waals surface area contributed by atoms with E-state index in [4.69, 9.17) is 4.74 Å². The molecular weight excluding hydrogens is 501 g/mol. The highest BCUT2D eigenvalue weighted by atomic mass is 79.9. The molecule has 0 radical (unpaired) electrons. The normalized spacial score (nSPS) is 22.1. The Morgan fingerprint density at radius 1 is 1.00 bits per heavy atom. The summed E-state index contributed by atoms with van der Waals surface area (Å²) in [6.45, 7) is 0. The molecule has 0 saturated heterocycles. The van der Waals surface area contributed by atoms with Crippen LogP contribution >= 0.6 is 15.9 Å². The van der Waals surface area contributed by atoms with Crippen LogP contribution in [-0.2, 0) is 19.6 Å². The quantitative estimate of drug-likeness (QED) is 0.529. The van der Waals surface area contributed by atoms with Gasteiger partial charge in [-0.05, 0) is 39.7 Å². The Morgan fingerprint density at radius 2 is 1.69 bits per heavy atom. The molecule has 0 amide bonds. The van der Waals surface area contributed by atoms with E-state index in [-0.39, 0.29) is 26.2 Å². The van der Waals surface area contributed by atoms with E-state index < -0.39 is 33.6 Å². The lowest BCUT2D eigenvalue weighted by molar-refractivity contribution is -0.151. The minimum absolute atomic E-state index is 0.00263. The number of carbonyl (C=O) groups excluding carboxylic acids is 1. The summed E-state index contributed by atoms with van der Waals surface area (Å²) in [5, 5.41) is 11.4. The first-order chi connectivity index (χ1) is 15.3. The fourth-order valence-corrected chi connectivity index (χ4v) is 6.91. The molecule has 9 heteroatoms. The second-order valence-corrected chi connectivity index (χ2v) is 9.93. The van der Waals surface area contributed by atoms with E-state index in [1.807, 2.05) is 0 Å². The number of para-hydroxylation sites is 1. The Morgan fingerprint density at radius 3 is 2.41 bits per heavy atom. The molecule has 1 spiro atoms. The van der Waals surface area contributed by atoms with Crippen LogP contribution in [0.5, 0.6) is 0 Å². The number of hydrogen-bond acceptors (Lipinski definition) is 5. The molecule has 32 heavy (non-hydrogen) atoms. The summed E-state index contributed by atoms with van der Waals surface area (Å²) in [4.78, 5) is 12.3. The van der Waals surface area contributed by atoms with Crippen LogP contribution in [0.1, 0.15) is 17.2 Å². The summed E-state index contributed by atoms with van der Waals surface area (Å²) in [5.41, 5.74) is -2.01. The first kappa shape index (κ1) is 20.9. The lowest BCUT2D eigenvalue weighted by Crippen LogP contribution is -2.53. The van der Waals surface area contributed by atoms with Crippen molar-refractivity contribution >= 4 is 43.2 Å². The van der Waals surface area contributed by atoms with Crippen LogP contribution in [0.4, 0.5) is 10.1 Å². The fourth-order valence-electron chi connectivity index (χ4n) is 4.23. The number of carbonyl (C=O) groups is 1. The summed E-state index contributed by atoms with van der Waals surface area (Å²) in [7, 11) is -4.53. The Bertz CT molecular complexity index is 1390. The smallest absolute Gasteiger partial charge is 0.333 e. The number of sulfonamides is 1. The number of fused-ring (bicyclic) bond motifs is 1. The second kappa shape index (κ2) is 7.26. The number of rotatable bonds is 3. The van der Waals surface area contributed by atoms with E-state index in [0.717, 1.165) is 12.1 Å². The minimum atomic E-state index is -4.53. The molecule has 0 aliphatic carbocycles. The average molecular weight is 516 g/mol. The molecule has 1 N–H and O–H groups in total. The molecule has 2 atom stereocenters. The van der Waals surface area contributed by atoms with Crippen molar-refractivity contribution in [3.63, 3.8) is 0 Å². The van der Waals surface area contributed by atoms with Gasteiger partial charge in [0.25, 0.3) is 15.7 Å². The SMILES string of the molecule is O=C1C=C(c2ccccc2)[C@]2(O1)[C@@H](O)c1cccc(F)c1N2S(=O)(=O)c1ccccc1Br. The molecule has 0 aromatic heterocycles. The molecule has 0 fully saturated rings. The van der Waals surface area contributed by atoms with Gasteiger partial charge in [-0.25, -0.2) is 21.9 Å². The van der Waals surface area contributed by atoms with Gasteiger partial charge in [0, 0.05) is 21.7 Å². The minimum Gasteiger partial charge on any atom is -0.427 e. The van der Waals surface area contributed by atoms with Crippen LogP contribution in [-0.4, -0.2) is 25.2 Å². The van der Waals surface area contributed by atoms with Crippen LogP contribution in [0.25, 0.3) is 5.57 Å². The van der Waals surface area contributed by atoms with Gasteiger partial charge < -0.3 is 9.84 Å². The van der Waals surface area contributed by atoms with E-state index in [1.165, 1.54) is 30.3 Å². The van der Waals surface area contributed by atoms with Crippen molar-refractivity contribution in [3.8, 4) is 0 Å². The van der Waals surface area contributed by atoms with Gasteiger partial charge in [-0.15, -0.1) is 0 Å². The molecule has 0 bridgehead atoms. The van der Waals surface area contributed by atoms with Gasteiger partial charge in [-0.1, -0.05) is 54.6 Å². The van der Waals surface area contributed by atoms with Crippen LogP contribution in [0.2, 0.25) is 0 Å². The first-order valence-electron chi connectivity index (χ1n) is 9.55. The molecule has 2 aliphatic heterocycles. The number of ether oxygens (including phenoxy) is 1. The zero-order chi connectivity index (χ0) is 22.7. The Balaban J connectivity index is 1.85. The van der Waals surface area contributed by atoms with E-state index in [0.29, 0.717) is 9.87 Å². The van der Waals surface area contributed by atoms with E-state index in [2.05, 4.69) is 15.9 Å². The molecule has 162 valence electrons. The Hall–Kier alpha value is -3.01. The summed E-state index contributed by atoms with van der Waals surface area (Å²) < 4.78 is 49.6. The average Bonchev–Trinajstić information content (AvgIpc) is 3.25. The lowest BCUT2D eigenvalue weighted by atomic mass is 9.91. The number of benzene rings is 3. The maximum atomic E-state index is 15.1. The molecule has 6 nitrogen and oxygen atoms in total. The highest BCUT2D eigenvalue weighted by Gasteiger charge is 2.64. The predicted octanol–water partition coefficient (Wildman–Crippen LogP) is 4.17. The van der Waals surface area contributed by atoms with Crippen LogP contribution < -0.4 is 4.31 Å². The summed E-state index contributed by atoms with van der Waals surface area (Å²) in [6.07, 6.45) is -0.534. The summed E-state index contributed by atoms with van der Waals surface area (Å²) in [5.74, 6) is -1.71. The van der Waals surface area contributed by atoms with Crippen molar-refractivity contribution in [2.75, 3.05) is 4.31 Å². The van der Waals surface area contributed by atoms with Crippen molar-refractivity contribution in [2.24, 2.45) is 0 Å². The number of aliphatic hydroxyl groups excluding tert-OH is 1. The topological polar surface area (TPSA) is 83.9 Å². The standard InChI is InChI=1S/C23H15BrFNO5S/c24-17-10-4-5-12-19(17)32(29,30)26-21-15(9-6-11-18(21)25)22(28)23(26)16(13-20(27)31-23)14-7-2-1-3-8-14/h1-13,22,28H/t22-,23-/m0/s1. The number of hydrogen-bond donors (Lipinski definition) is 1. The van der Waals surface area contributed by atoms with Gasteiger partial charge in [0.05, 0.1) is 5.69 Å². The van der Waals surface area contributed by atoms with Crippen LogP contribution in [0.3, 0.4) is 0 Å². The van der Waals surface area contributed by atoms with Crippen molar-refractivity contribution in [1.82, 2.24) is 0 Å². The molecule has 3 aromatic carbocycles. The highest BCUT2D eigenvalue weighted by Crippen LogP contribution is 2.58. The molecular formula is C23H15BrFNO5S. The third-order valence-corrected chi connectivity index (χ3v) is 8.33. The number of anilines is 1. The van der Waals surface area contributed by atoms with E-state index in [9.17, 15) is 18.3 Å². The summed E-state index contributed by atoms with van der Waals surface area (Å²) in [6, 6.07) is 18.4. The molecule has 5 rings (SSSR count). The maximum absolute atomic E-state index is 15.1. The van der Waals surface area contributed by atoms with Gasteiger partial charge in [0.2, 0.25) is 0 Å². The van der Waals surface area contributed by atoms with E-state index >= 15 is 4.39 Å². The third-order valence-electron chi connectivity index (χ3n) is 5.53. The van der Waals surface area contributed by atoms with Gasteiger partial charge >= 0.3 is 5.97 Å². The maximum Gasteiger partial charge on any atom is 0.333 e. The number of esters is 1. The van der Waals surface area contributed by atoms with Gasteiger partial charge in [0.15, 0.2) is 0 Å². The zero-order valence-corrected chi connectivity index (χ0v) is 18.7. The second-order valence-electron chi connectivity index (χ2n) is 7.32. The lowest BCUT2D eigenvalue weighted by Gasteiger charge is -2.38. The van der Waals surface area contributed by atoms with E-state index in [1.54, 1.807) is 36.4 Å². The van der Waals surface area contributed by atoms with Crippen molar-refractivity contribution < 1.29 is 27.4 Å². The highest BCUT2D eigenvalue weighted by molar-refractivity contribution is 9.10. The third kappa shape index (κ3) is 2.78. The van der Waals surface area contributed by atoms with Crippen LogP contribution in [0.15, 0.2) is 88.2 Å². The number of halogens is 2. The van der Waals surface area contributed by atoms with Crippen molar-refractivity contribution in [2.45, 2.75) is 16.7 Å².